The molecule has 0 aromatic heterocycles. The fraction of sp³-hybridized carbons (Fsp3) is 0.333. The molecule has 1 aliphatic rings. The smallest absolute Gasteiger partial charge is 0.0499 e. The van der Waals surface area contributed by atoms with Crippen molar-refractivity contribution in [2.45, 2.75) is 25.9 Å². The largest absolute Gasteiger partial charge is 0.365 e. The molecule has 20 heavy (non-hydrogen) atoms. The maximum Gasteiger partial charge on any atom is 0.0499 e. The van der Waals surface area contributed by atoms with Gasteiger partial charge in [-0.25, -0.2) is 0 Å². The Kier molecular flexibility index (Phi) is 3.75. The number of hydrogen-bond donors (Lipinski definition) is 1. The van der Waals surface area contributed by atoms with Crippen molar-refractivity contribution < 1.29 is 0 Å². The summed E-state index contributed by atoms with van der Waals surface area (Å²) in [6.07, 6.45) is 0. The monoisotopic (exact) mass is 266 g/mol. The molecule has 2 aromatic carbocycles. The number of piperazine rings is 1. The van der Waals surface area contributed by atoms with E-state index in [0.717, 1.165) is 13.1 Å². The number of hydrogen-bond acceptors (Lipinski definition) is 2. The number of rotatable bonds is 2. The molecule has 2 heteroatoms. The van der Waals surface area contributed by atoms with Crippen LogP contribution < -0.4 is 10.2 Å². The Morgan fingerprint density at radius 3 is 2.45 bits per heavy atom. The Balaban J connectivity index is 1.86. The van der Waals surface area contributed by atoms with E-state index in [1.165, 1.54) is 16.8 Å². The van der Waals surface area contributed by atoms with Crippen molar-refractivity contribution in [3.63, 3.8) is 0 Å². The second-order valence-electron chi connectivity index (χ2n) is 5.66. The van der Waals surface area contributed by atoms with Crippen LogP contribution in [0.4, 0.5) is 5.69 Å². The van der Waals surface area contributed by atoms with Gasteiger partial charge in [-0.05, 0) is 31.0 Å². The second-order valence-corrected chi connectivity index (χ2v) is 5.66. The van der Waals surface area contributed by atoms with Crippen LogP contribution in [0.2, 0.25) is 0 Å². The SMILES string of the molecule is Cc1ccccc1N1CC(c2ccccc2)NCC1C. The first kappa shape index (κ1) is 13.2. The van der Waals surface area contributed by atoms with Crippen LogP contribution >= 0.6 is 0 Å². The molecule has 0 saturated carbocycles. The molecule has 1 fully saturated rings. The predicted octanol–water partition coefficient (Wildman–Crippen LogP) is 3.53. The third kappa shape index (κ3) is 2.56. The molecule has 3 rings (SSSR count). The maximum atomic E-state index is 3.66. The van der Waals surface area contributed by atoms with Gasteiger partial charge in [-0.1, -0.05) is 48.5 Å². The van der Waals surface area contributed by atoms with E-state index < -0.39 is 0 Å². The Morgan fingerprint density at radius 2 is 1.70 bits per heavy atom. The summed E-state index contributed by atoms with van der Waals surface area (Å²) in [5.74, 6) is 0. The third-order valence-corrected chi connectivity index (χ3v) is 4.20. The van der Waals surface area contributed by atoms with Crippen molar-refractivity contribution >= 4 is 5.69 Å². The van der Waals surface area contributed by atoms with Gasteiger partial charge in [0.25, 0.3) is 0 Å². The van der Waals surface area contributed by atoms with E-state index in [4.69, 9.17) is 0 Å². The molecule has 1 N–H and O–H groups in total. The topological polar surface area (TPSA) is 15.3 Å². The first-order valence-corrected chi connectivity index (χ1v) is 7.36. The lowest BCUT2D eigenvalue weighted by Gasteiger charge is -2.41. The standard InChI is InChI=1S/C18H22N2/c1-14-8-6-7-11-18(14)20-13-17(19-12-15(20)2)16-9-4-3-5-10-16/h3-11,15,17,19H,12-13H2,1-2H3. The molecule has 0 radical (unpaired) electrons. The minimum Gasteiger partial charge on any atom is -0.365 e. The average Bonchev–Trinajstić information content (AvgIpc) is 2.49. The summed E-state index contributed by atoms with van der Waals surface area (Å²) in [4.78, 5) is 2.53. The van der Waals surface area contributed by atoms with Gasteiger partial charge in [0.2, 0.25) is 0 Å². The fourth-order valence-electron chi connectivity index (χ4n) is 2.99. The van der Waals surface area contributed by atoms with Gasteiger partial charge in [0.1, 0.15) is 0 Å². The number of nitrogens with zero attached hydrogens (tertiary/aromatic N) is 1. The van der Waals surface area contributed by atoms with Gasteiger partial charge in [0, 0.05) is 30.9 Å². The van der Waals surface area contributed by atoms with Gasteiger partial charge < -0.3 is 10.2 Å². The zero-order chi connectivity index (χ0) is 13.9. The molecule has 104 valence electrons. The number of nitrogens with one attached hydrogen (secondary N) is 1. The van der Waals surface area contributed by atoms with Crippen LogP contribution in [0.25, 0.3) is 0 Å². The zero-order valence-electron chi connectivity index (χ0n) is 12.2. The highest BCUT2D eigenvalue weighted by Crippen LogP contribution is 2.27. The van der Waals surface area contributed by atoms with Gasteiger partial charge in [0.05, 0.1) is 0 Å². The van der Waals surface area contributed by atoms with Gasteiger partial charge in [-0.2, -0.15) is 0 Å². The van der Waals surface area contributed by atoms with Crippen molar-refractivity contribution in [1.82, 2.24) is 5.32 Å². The Bertz CT molecular complexity index is 565. The lowest BCUT2D eigenvalue weighted by Crippen LogP contribution is -2.51. The highest BCUT2D eigenvalue weighted by Gasteiger charge is 2.26. The normalized spacial score (nSPS) is 22.8. The van der Waals surface area contributed by atoms with Crippen molar-refractivity contribution in [3.05, 3.63) is 65.7 Å². The molecule has 0 bridgehead atoms. The molecular weight excluding hydrogens is 244 g/mol. The minimum absolute atomic E-state index is 0.409. The Labute approximate surface area is 121 Å². The maximum absolute atomic E-state index is 3.66. The molecule has 1 heterocycles. The average molecular weight is 266 g/mol. The van der Waals surface area contributed by atoms with Crippen molar-refractivity contribution in [2.75, 3.05) is 18.0 Å². The van der Waals surface area contributed by atoms with E-state index in [9.17, 15) is 0 Å². The summed E-state index contributed by atoms with van der Waals surface area (Å²) in [5, 5.41) is 3.66. The number of para-hydroxylation sites is 1. The summed E-state index contributed by atoms with van der Waals surface area (Å²) in [6.45, 7) is 6.53. The molecule has 0 spiro atoms. The van der Waals surface area contributed by atoms with E-state index in [1.807, 2.05) is 0 Å². The summed E-state index contributed by atoms with van der Waals surface area (Å²) in [6, 6.07) is 20.3. The highest BCUT2D eigenvalue weighted by molar-refractivity contribution is 5.54. The lowest BCUT2D eigenvalue weighted by molar-refractivity contribution is 0.414. The van der Waals surface area contributed by atoms with Crippen molar-refractivity contribution in [1.29, 1.82) is 0 Å². The number of anilines is 1. The highest BCUT2D eigenvalue weighted by atomic mass is 15.2. The molecule has 2 unspecified atom stereocenters. The molecule has 2 aromatic rings. The zero-order valence-corrected chi connectivity index (χ0v) is 12.2. The van der Waals surface area contributed by atoms with Crippen molar-refractivity contribution in [3.8, 4) is 0 Å². The summed E-state index contributed by atoms with van der Waals surface area (Å²) < 4.78 is 0. The van der Waals surface area contributed by atoms with Crippen LogP contribution in [0, 0.1) is 6.92 Å². The van der Waals surface area contributed by atoms with E-state index >= 15 is 0 Å². The number of aryl methyl sites for hydroxylation is 1. The second kappa shape index (κ2) is 5.68. The van der Waals surface area contributed by atoms with Crippen LogP contribution in [0.1, 0.15) is 24.1 Å². The molecule has 2 atom stereocenters. The number of benzene rings is 2. The van der Waals surface area contributed by atoms with Gasteiger partial charge >= 0.3 is 0 Å². The molecule has 1 saturated heterocycles. The molecular formula is C18H22N2. The Morgan fingerprint density at radius 1 is 1.00 bits per heavy atom. The predicted molar refractivity (Wildman–Crippen MR) is 85.2 cm³/mol. The van der Waals surface area contributed by atoms with E-state index in [1.54, 1.807) is 0 Å². The van der Waals surface area contributed by atoms with Crippen LogP contribution in [0.5, 0.6) is 0 Å². The van der Waals surface area contributed by atoms with E-state index in [0.29, 0.717) is 12.1 Å². The van der Waals surface area contributed by atoms with Crippen LogP contribution in [-0.2, 0) is 0 Å². The molecule has 1 aliphatic heterocycles. The first-order chi connectivity index (χ1) is 9.75. The molecule has 2 nitrogen and oxygen atoms in total. The van der Waals surface area contributed by atoms with Crippen LogP contribution in [-0.4, -0.2) is 19.1 Å². The van der Waals surface area contributed by atoms with E-state index in [-0.39, 0.29) is 0 Å². The van der Waals surface area contributed by atoms with Gasteiger partial charge in [-0.15, -0.1) is 0 Å². The summed E-state index contributed by atoms with van der Waals surface area (Å²) in [5.41, 5.74) is 4.09. The summed E-state index contributed by atoms with van der Waals surface area (Å²) in [7, 11) is 0. The van der Waals surface area contributed by atoms with Crippen molar-refractivity contribution in [2.24, 2.45) is 0 Å². The summed E-state index contributed by atoms with van der Waals surface area (Å²) >= 11 is 0. The first-order valence-electron chi connectivity index (χ1n) is 7.36. The van der Waals surface area contributed by atoms with Gasteiger partial charge in [0.15, 0.2) is 0 Å². The van der Waals surface area contributed by atoms with Gasteiger partial charge in [-0.3, -0.25) is 0 Å². The Hall–Kier alpha value is -1.80. The molecule has 0 aliphatic carbocycles. The quantitative estimate of drug-likeness (QED) is 0.894. The minimum atomic E-state index is 0.409. The lowest BCUT2D eigenvalue weighted by atomic mass is 10.0. The third-order valence-electron chi connectivity index (χ3n) is 4.20. The molecule has 0 amide bonds. The van der Waals surface area contributed by atoms with Crippen LogP contribution in [0.15, 0.2) is 54.6 Å². The fourth-order valence-corrected chi connectivity index (χ4v) is 2.99. The van der Waals surface area contributed by atoms with Crippen LogP contribution in [0.3, 0.4) is 0 Å². The van der Waals surface area contributed by atoms with E-state index in [2.05, 4.69) is 78.7 Å².